The van der Waals surface area contributed by atoms with Gasteiger partial charge >= 0.3 is 5.97 Å². The molecular weight excluding hydrogens is 486 g/mol. The fraction of sp³-hybridized carbons (Fsp3) is 0.480. The predicted octanol–water partition coefficient (Wildman–Crippen LogP) is 2.72. The number of thioether (sulfide) groups is 1. The first-order valence-electron chi connectivity index (χ1n) is 11.7. The van der Waals surface area contributed by atoms with Gasteiger partial charge in [-0.05, 0) is 24.5 Å². The number of carbonyl (C=O) groups is 2. The molecule has 0 aromatic heterocycles. The number of esters is 1. The minimum Gasteiger partial charge on any atom is -0.497 e. The van der Waals surface area contributed by atoms with Crippen molar-refractivity contribution in [2.24, 2.45) is 4.99 Å². The minimum absolute atomic E-state index is 0.00217. The van der Waals surface area contributed by atoms with Gasteiger partial charge in [-0.25, -0.2) is 9.79 Å². The van der Waals surface area contributed by atoms with Gasteiger partial charge in [0.25, 0.3) is 0 Å². The van der Waals surface area contributed by atoms with Crippen molar-refractivity contribution in [2.75, 3.05) is 60.8 Å². The Labute approximate surface area is 214 Å². The number of aliphatic imine (C=N–C) groups is 1. The van der Waals surface area contributed by atoms with E-state index in [1.807, 2.05) is 22.4 Å². The van der Waals surface area contributed by atoms with E-state index in [0.717, 1.165) is 11.3 Å². The van der Waals surface area contributed by atoms with E-state index >= 15 is 0 Å². The normalized spacial score (nSPS) is 19.5. The van der Waals surface area contributed by atoms with Gasteiger partial charge in [-0.3, -0.25) is 4.79 Å². The van der Waals surface area contributed by atoms with Gasteiger partial charge < -0.3 is 33.5 Å². The van der Waals surface area contributed by atoms with Gasteiger partial charge in [0.1, 0.15) is 18.1 Å². The van der Waals surface area contributed by atoms with Crippen LogP contribution in [0.5, 0.6) is 11.5 Å². The fourth-order valence-corrected chi connectivity index (χ4v) is 5.31. The molecule has 1 aromatic carbocycles. The highest BCUT2D eigenvalue weighted by Gasteiger charge is 2.42. The number of amidine groups is 1. The number of rotatable bonds is 9. The molecule has 0 spiro atoms. The number of methoxy groups -OCH3 is 3. The summed E-state index contributed by atoms with van der Waals surface area (Å²) in [5.74, 6) is 0.680. The fourth-order valence-electron chi connectivity index (χ4n) is 4.34. The third-order valence-corrected chi connectivity index (χ3v) is 7.06. The number of fused-ring (bicyclic) bond motifs is 1. The van der Waals surface area contributed by atoms with Crippen LogP contribution in [0.3, 0.4) is 0 Å². The van der Waals surface area contributed by atoms with Gasteiger partial charge in [0.2, 0.25) is 5.91 Å². The zero-order chi connectivity index (χ0) is 25.7. The van der Waals surface area contributed by atoms with Crippen LogP contribution in [-0.4, -0.2) is 87.7 Å². The van der Waals surface area contributed by atoms with Crippen molar-refractivity contribution in [3.8, 4) is 11.5 Å². The highest BCUT2D eigenvalue weighted by atomic mass is 32.2. The second-order valence-corrected chi connectivity index (χ2v) is 9.14. The minimum atomic E-state index is -0.604. The second-order valence-electron chi connectivity index (χ2n) is 8.30. The van der Waals surface area contributed by atoms with Crippen LogP contribution in [0.25, 0.3) is 0 Å². The van der Waals surface area contributed by atoms with Gasteiger partial charge in [-0.2, -0.15) is 0 Å². The maximum atomic E-state index is 13.3. The first-order chi connectivity index (χ1) is 17.5. The van der Waals surface area contributed by atoms with Crippen LogP contribution >= 0.6 is 11.8 Å². The summed E-state index contributed by atoms with van der Waals surface area (Å²) in [7, 11) is 4.70. The maximum Gasteiger partial charge on any atom is 0.338 e. The number of benzene rings is 1. The van der Waals surface area contributed by atoms with Crippen molar-refractivity contribution in [2.45, 2.75) is 19.4 Å². The summed E-state index contributed by atoms with van der Waals surface area (Å²) in [5, 5.41) is 2.61. The van der Waals surface area contributed by atoms with Crippen LogP contribution in [0.1, 0.15) is 24.9 Å². The summed E-state index contributed by atoms with van der Waals surface area (Å²) in [6, 6.07) is 4.85. The molecule has 1 amide bonds. The molecular formula is C25H31N3O7S. The molecule has 36 heavy (non-hydrogen) atoms. The molecule has 0 N–H and O–H groups in total. The smallest absolute Gasteiger partial charge is 0.338 e. The van der Waals surface area contributed by atoms with Crippen molar-refractivity contribution in [1.82, 2.24) is 9.80 Å². The number of allylic oxidation sites excluding steroid dienone is 1. The van der Waals surface area contributed by atoms with E-state index in [0.29, 0.717) is 54.2 Å². The standard InChI is InChI=1S/C25H31N3O7S/c1-16-22(24(30)35-12-11-31-2)23(19-6-5-18(32-3)14-20(19)33-4)28-17(15-36-25(28)26-16)13-21(29)27-7-9-34-10-8-27/h5-6,14-15,23H,7-13H2,1-4H3/t23-/m1/s1. The van der Waals surface area contributed by atoms with Crippen LogP contribution in [0.2, 0.25) is 0 Å². The topological polar surface area (TPSA) is 99.1 Å². The average Bonchev–Trinajstić information content (AvgIpc) is 3.29. The third-order valence-electron chi connectivity index (χ3n) is 6.17. The molecule has 0 radical (unpaired) electrons. The highest BCUT2D eigenvalue weighted by molar-refractivity contribution is 8.16. The SMILES string of the molecule is COCCOC(=O)C1=C(C)N=C2SC=C(CC(=O)N3CCOCC3)N2[C@@H]1c1ccc(OC)cc1OC. The van der Waals surface area contributed by atoms with Crippen molar-refractivity contribution < 1.29 is 33.3 Å². The number of carbonyl (C=O) groups excluding carboxylic acids is 2. The molecule has 1 aromatic rings. The second kappa shape index (κ2) is 11.8. The summed E-state index contributed by atoms with van der Waals surface area (Å²) >= 11 is 1.43. The molecule has 3 aliphatic heterocycles. The van der Waals surface area contributed by atoms with E-state index in [-0.39, 0.29) is 25.5 Å². The van der Waals surface area contributed by atoms with Gasteiger partial charge in [0.15, 0.2) is 5.17 Å². The molecule has 0 aliphatic carbocycles. The molecule has 1 saturated heterocycles. The van der Waals surface area contributed by atoms with Crippen molar-refractivity contribution >= 4 is 28.8 Å². The van der Waals surface area contributed by atoms with Crippen LogP contribution < -0.4 is 9.47 Å². The molecule has 11 heteroatoms. The molecule has 0 saturated carbocycles. The van der Waals surface area contributed by atoms with E-state index in [2.05, 4.69) is 0 Å². The molecule has 4 rings (SSSR count). The van der Waals surface area contributed by atoms with E-state index in [4.69, 9.17) is 28.7 Å². The lowest BCUT2D eigenvalue weighted by Crippen LogP contribution is -2.42. The first kappa shape index (κ1) is 26.1. The van der Waals surface area contributed by atoms with Crippen LogP contribution in [0.4, 0.5) is 0 Å². The van der Waals surface area contributed by atoms with E-state index in [1.54, 1.807) is 39.2 Å². The molecule has 0 bridgehead atoms. The Hall–Kier alpha value is -3.02. The van der Waals surface area contributed by atoms with Crippen LogP contribution in [0, 0.1) is 0 Å². The number of morpholine rings is 1. The number of hydrogen-bond donors (Lipinski definition) is 0. The number of hydrogen-bond acceptors (Lipinski definition) is 10. The van der Waals surface area contributed by atoms with Gasteiger partial charge in [-0.15, -0.1) is 0 Å². The summed E-state index contributed by atoms with van der Waals surface area (Å²) in [6.07, 6.45) is 0.173. The van der Waals surface area contributed by atoms with Gasteiger partial charge in [0.05, 0.1) is 57.8 Å². The van der Waals surface area contributed by atoms with E-state index in [9.17, 15) is 9.59 Å². The van der Waals surface area contributed by atoms with Gasteiger partial charge in [0, 0.05) is 37.5 Å². The number of ether oxygens (including phenoxy) is 5. The number of amides is 1. The molecule has 1 fully saturated rings. The number of nitrogens with zero attached hydrogens (tertiary/aromatic N) is 3. The first-order valence-corrected chi connectivity index (χ1v) is 12.5. The monoisotopic (exact) mass is 517 g/mol. The lowest BCUT2D eigenvalue weighted by molar-refractivity contribution is -0.141. The Morgan fingerprint density at radius 2 is 1.92 bits per heavy atom. The van der Waals surface area contributed by atoms with E-state index < -0.39 is 12.0 Å². The van der Waals surface area contributed by atoms with Crippen molar-refractivity contribution in [1.29, 1.82) is 0 Å². The molecule has 1 atom stereocenters. The zero-order valence-electron chi connectivity index (χ0n) is 20.9. The summed E-state index contributed by atoms with van der Waals surface area (Å²) < 4.78 is 27.0. The lowest BCUT2D eigenvalue weighted by atomic mass is 9.93. The zero-order valence-corrected chi connectivity index (χ0v) is 21.8. The van der Waals surface area contributed by atoms with E-state index in [1.165, 1.54) is 11.8 Å². The molecule has 3 aliphatic rings. The van der Waals surface area contributed by atoms with Gasteiger partial charge in [-0.1, -0.05) is 11.8 Å². The van der Waals surface area contributed by atoms with Crippen molar-refractivity contribution in [3.05, 3.63) is 46.1 Å². The Morgan fingerprint density at radius 1 is 1.14 bits per heavy atom. The predicted molar refractivity (Wildman–Crippen MR) is 135 cm³/mol. The Bertz CT molecular complexity index is 1100. The Morgan fingerprint density at radius 3 is 2.61 bits per heavy atom. The third kappa shape index (κ3) is 5.37. The molecule has 3 heterocycles. The quantitative estimate of drug-likeness (QED) is 0.362. The maximum absolute atomic E-state index is 13.3. The van der Waals surface area contributed by atoms with Crippen molar-refractivity contribution in [3.63, 3.8) is 0 Å². The Balaban J connectivity index is 1.72. The average molecular weight is 518 g/mol. The molecule has 194 valence electrons. The lowest BCUT2D eigenvalue weighted by Gasteiger charge is -2.37. The highest BCUT2D eigenvalue weighted by Crippen LogP contribution is 2.47. The molecule has 0 unspecified atom stereocenters. The summed E-state index contributed by atoms with van der Waals surface area (Å²) in [4.78, 5) is 34.9. The summed E-state index contributed by atoms with van der Waals surface area (Å²) in [5.41, 5.74) is 2.42. The molecule has 10 nitrogen and oxygen atoms in total. The van der Waals surface area contributed by atoms with Crippen LogP contribution in [-0.2, 0) is 23.8 Å². The van der Waals surface area contributed by atoms with Crippen LogP contribution in [0.15, 0.2) is 45.6 Å². The Kier molecular flexibility index (Phi) is 8.55. The summed E-state index contributed by atoms with van der Waals surface area (Å²) in [6.45, 7) is 4.36. The largest absolute Gasteiger partial charge is 0.497 e.